The molecule has 5 rings (SSSR count). The van der Waals surface area contributed by atoms with Gasteiger partial charge in [-0.3, -0.25) is 24.0 Å². The van der Waals surface area contributed by atoms with E-state index in [0.717, 1.165) is 17.0 Å². The topological polar surface area (TPSA) is 140 Å². The van der Waals surface area contributed by atoms with Gasteiger partial charge >= 0.3 is 12.2 Å². The van der Waals surface area contributed by atoms with Gasteiger partial charge in [0.25, 0.3) is 12.0 Å². The molecule has 12 nitrogen and oxygen atoms in total. The maximum Gasteiger partial charge on any atom is 0.414 e. The zero-order valence-electron chi connectivity index (χ0n) is 22.6. The number of carbonyl (C=O) groups excluding carboxylic acids is 5. The van der Waals surface area contributed by atoms with Crippen molar-refractivity contribution in [1.29, 1.82) is 0 Å². The number of Topliss-reactive ketones (excluding diaryl/α,β-unsaturated/α-hetero) is 1. The van der Waals surface area contributed by atoms with Gasteiger partial charge in [0, 0.05) is 44.3 Å². The fourth-order valence-electron chi connectivity index (χ4n) is 5.13. The summed E-state index contributed by atoms with van der Waals surface area (Å²) in [5, 5.41) is 3.05. The molecule has 2 aliphatic heterocycles. The number of alkyl halides is 2. The summed E-state index contributed by atoms with van der Waals surface area (Å²) in [5.74, 6) is -3.40. The molecule has 1 aromatic heterocycles. The molecule has 1 N–H and O–H groups in total. The number of nitrogens with one attached hydrogen (secondary N) is 1. The molecule has 0 unspecified atom stereocenters. The number of benzene rings is 2. The summed E-state index contributed by atoms with van der Waals surface area (Å²) in [6.45, 7) is 1.90. The van der Waals surface area contributed by atoms with Crippen LogP contribution in [0.25, 0.3) is 10.9 Å². The lowest BCUT2D eigenvalue weighted by molar-refractivity contribution is -0.191. The SMILES string of the molecule is CC(=O)Nc1ccc2c(c1)c(=O)n1n2CCN(c2c(F)cc(N3C[C@H](CCC(=O)C(F)F)OC3=O)cc2F)CC1.O=C=O. The number of rotatable bonds is 7. The fourth-order valence-corrected chi connectivity index (χ4v) is 5.13. The number of fused-ring (bicyclic) bond motifs is 3. The zero-order valence-corrected chi connectivity index (χ0v) is 22.6. The average molecular weight is 608 g/mol. The van der Waals surface area contributed by atoms with Crippen LogP contribution in [0.5, 0.6) is 0 Å². The highest BCUT2D eigenvalue weighted by Gasteiger charge is 2.34. The lowest BCUT2D eigenvalue weighted by Crippen LogP contribution is -2.30. The van der Waals surface area contributed by atoms with Crippen molar-refractivity contribution in [3.05, 3.63) is 52.3 Å². The van der Waals surface area contributed by atoms with Crippen LogP contribution in [-0.4, -0.2) is 65.5 Å². The van der Waals surface area contributed by atoms with E-state index in [2.05, 4.69) is 5.32 Å². The Labute approximate surface area is 240 Å². The predicted molar refractivity (Wildman–Crippen MR) is 142 cm³/mol. The first-order valence-electron chi connectivity index (χ1n) is 13.0. The Bertz CT molecular complexity index is 1640. The largest absolute Gasteiger partial charge is 0.444 e. The monoisotopic (exact) mass is 607 g/mol. The normalized spacial score (nSPS) is 16.2. The first-order chi connectivity index (χ1) is 20.4. The number of nitrogens with zero attached hydrogens (tertiary/aromatic N) is 4. The molecular weight excluding hydrogens is 582 g/mol. The van der Waals surface area contributed by atoms with E-state index in [-0.39, 0.29) is 68.1 Å². The maximum atomic E-state index is 15.3. The number of hydrogen-bond donors (Lipinski definition) is 1. The number of anilines is 3. The van der Waals surface area contributed by atoms with Gasteiger partial charge in [-0.2, -0.15) is 9.59 Å². The van der Waals surface area contributed by atoms with Crippen molar-refractivity contribution < 1.29 is 46.3 Å². The van der Waals surface area contributed by atoms with Crippen molar-refractivity contribution >= 4 is 51.9 Å². The smallest absolute Gasteiger partial charge is 0.414 e. The molecule has 3 heterocycles. The van der Waals surface area contributed by atoms with Crippen LogP contribution in [0.15, 0.2) is 35.1 Å². The molecule has 0 spiro atoms. The highest BCUT2D eigenvalue weighted by Crippen LogP contribution is 2.32. The number of amides is 2. The molecular formula is C27H25F4N5O7. The Morgan fingerprint density at radius 1 is 1.02 bits per heavy atom. The lowest BCUT2D eigenvalue weighted by Gasteiger charge is -2.24. The van der Waals surface area contributed by atoms with Crippen molar-refractivity contribution in [3.8, 4) is 0 Å². The molecule has 0 aliphatic carbocycles. The van der Waals surface area contributed by atoms with Crippen LogP contribution in [0, 0.1) is 11.6 Å². The van der Waals surface area contributed by atoms with Gasteiger partial charge < -0.3 is 15.0 Å². The van der Waals surface area contributed by atoms with E-state index in [1.807, 2.05) is 0 Å². The van der Waals surface area contributed by atoms with Gasteiger partial charge in [-0.15, -0.1) is 0 Å². The minimum absolute atomic E-state index is 0.107. The van der Waals surface area contributed by atoms with Gasteiger partial charge in [-0.1, -0.05) is 0 Å². The van der Waals surface area contributed by atoms with E-state index in [1.54, 1.807) is 22.9 Å². The van der Waals surface area contributed by atoms with Crippen LogP contribution in [0.2, 0.25) is 0 Å². The van der Waals surface area contributed by atoms with Crippen molar-refractivity contribution in [1.82, 2.24) is 9.36 Å². The average Bonchev–Trinajstić information content (AvgIpc) is 3.34. The quantitative estimate of drug-likeness (QED) is 0.405. The number of aromatic nitrogens is 2. The molecule has 0 bridgehead atoms. The maximum absolute atomic E-state index is 15.3. The van der Waals surface area contributed by atoms with Gasteiger partial charge in [0.05, 0.1) is 36.2 Å². The number of ether oxygens (including phenoxy) is 1. The van der Waals surface area contributed by atoms with Crippen molar-refractivity contribution in [3.63, 3.8) is 0 Å². The molecule has 0 radical (unpaired) electrons. The Balaban J connectivity index is 0.00000135. The molecule has 43 heavy (non-hydrogen) atoms. The Morgan fingerprint density at radius 2 is 1.65 bits per heavy atom. The van der Waals surface area contributed by atoms with Crippen LogP contribution in [0.3, 0.4) is 0 Å². The van der Waals surface area contributed by atoms with Gasteiger partial charge in [-0.25, -0.2) is 27.0 Å². The molecule has 3 aromatic rings. The molecule has 1 atom stereocenters. The minimum atomic E-state index is -3.12. The molecule has 2 aliphatic rings. The summed E-state index contributed by atoms with van der Waals surface area (Å²) < 4.78 is 63.8. The van der Waals surface area contributed by atoms with E-state index >= 15 is 8.78 Å². The molecule has 2 amide bonds. The van der Waals surface area contributed by atoms with Crippen LogP contribution >= 0.6 is 0 Å². The highest BCUT2D eigenvalue weighted by molar-refractivity contribution is 5.92. The third kappa shape index (κ3) is 6.59. The Hall–Kier alpha value is -4.98. The summed E-state index contributed by atoms with van der Waals surface area (Å²) in [5.41, 5.74) is 0.391. The van der Waals surface area contributed by atoms with E-state index in [0.29, 0.717) is 16.6 Å². The van der Waals surface area contributed by atoms with Gasteiger partial charge in [-0.05, 0) is 24.6 Å². The molecule has 1 saturated heterocycles. The third-order valence-electron chi connectivity index (χ3n) is 6.97. The first-order valence-corrected chi connectivity index (χ1v) is 13.0. The predicted octanol–water partition coefficient (Wildman–Crippen LogP) is 2.92. The van der Waals surface area contributed by atoms with Crippen LogP contribution in [-0.2, 0) is 37.0 Å². The van der Waals surface area contributed by atoms with Gasteiger partial charge in [0.1, 0.15) is 11.8 Å². The van der Waals surface area contributed by atoms with Crippen molar-refractivity contribution in [2.24, 2.45) is 0 Å². The van der Waals surface area contributed by atoms with Gasteiger partial charge in [0.2, 0.25) is 5.91 Å². The van der Waals surface area contributed by atoms with Crippen molar-refractivity contribution in [2.75, 3.05) is 34.8 Å². The summed E-state index contributed by atoms with van der Waals surface area (Å²) in [4.78, 5) is 66.6. The van der Waals surface area contributed by atoms with Crippen LogP contribution in [0.4, 0.5) is 39.4 Å². The highest BCUT2D eigenvalue weighted by atomic mass is 19.3. The van der Waals surface area contributed by atoms with E-state index in [1.165, 1.54) is 16.5 Å². The standard InChI is InChI=1S/C26H25F4N5O5.CO2/c1-14(36)31-15-2-4-21-18(10-15)25(38)35-9-7-32(6-8-34(21)35)23-19(27)11-16(12-20(23)28)33-13-17(40-26(33)39)3-5-22(37)24(29)30;2-1-3/h2,4,10-12,17,24H,3,5-9,13H2,1H3,(H,31,36);/t17-;/m0./s1. The van der Waals surface area contributed by atoms with Crippen molar-refractivity contribution in [2.45, 2.75) is 45.4 Å². The minimum Gasteiger partial charge on any atom is -0.444 e. The van der Waals surface area contributed by atoms with Crippen LogP contribution in [0.1, 0.15) is 19.8 Å². The van der Waals surface area contributed by atoms with E-state index in [9.17, 15) is 28.0 Å². The molecule has 16 heteroatoms. The van der Waals surface area contributed by atoms with E-state index < -0.39 is 42.5 Å². The second-order valence-corrected chi connectivity index (χ2v) is 9.72. The number of ketones is 1. The molecule has 2 aromatic carbocycles. The second kappa shape index (κ2) is 12.9. The summed E-state index contributed by atoms with van der Waals surface area (Å²) in [6.07, 6.45) is -5.26. The number of carbonyl (C=O) groups is 3. The summed E-state index contributed by atoms with van der Waals surface area (Å²) >= 11 is 0. The Morgan fingerprint density at radius 3 is 2.26 bits per heavy atom. The Kier molecular flexibility index (Phi) is 9.29. The number of halogens is 4. The molecule has 0 saturated carbocycles. The molecule has 228 valence electrons. The summed E-state index contributed by atoms with van der Waals surface area (Å²) in [6, 6.07) is 6.94. The number of hydrogen-bond acceptors (Lipinski definition) is 8. The number of cyclic esters (lactones) is 1. The second-order valence-electron chi connectivity index (χ2n) is 9.72. The fraction of sp³-hybridized carbons (Fsp3) is 0.370. The van der Waals surface area contributed by atoms with Gasteiger partial charge in [0.15, 0.2) is 17.4 Å². The third-order valence-corrected chi connectivity index (χ3v) is 6.97. The first kappa shape index (κ1) is 31.0. The van der Waals surface area contributed by atoms with Crippen LogP contribution < -0.4 is 20.7 Å². The molecule has 1 fully saturated rings. The van der Waals surface area contributed by atoms with E-state index in [4.69, 9.17) is 14.3 Å². The lowest BCUT2D eigenvalue weighted by atomic mass is 10.1. The zero-order chi connectivity index (χ0) is 31.4. The summed E-state index contributed by atoms with van der Waals surface area (Å²) in [7, 11) is 0.